The van der Waals surface area contributed by atoms with Crippen molar-refractivity contribution in [2.24, 2.45) is 0 Å². The Morgan fingerprint density at radius 2 is 1.46 bits per heavy atom. The molecule has 0 saturated heterocycles. The van der Waals surface area contributed by atoms with Crippen LogP contribution in [0.3, 0.4) is 0 Å². The number of methoxy groups -OCH3 is 1. The normalized spacial score (nSPS) is 11.3. The van der Waals surface area contributed by atoms with Crippen LogP contribution in [0.2, 0.25) is 0 Å². The van der Waals surface area contributed by atoms with Gasteiger partial charge in [0.1, 0.15) is 0 Å². The lowest BCUT2D eigenvalue weighted by Gasteiger charge is -2.14. The molecule has 0 aliphatic rings. The minimum atomic E-state index is -0.964. The molecule has 0 aromatic heterocycles. The van der Waals surface area contributed by atoms with Gasteiger partial charge in [-0.25, -0.2) is 9.59 Å². The molecule has 136 valence electrons. The molecule has 2 rings (SSSR count). The van der Waals surface area contributed by atoms with Gasteiger partial charge in [-0.15, -0.1) is 0 Å². The second-order valence-corrected chi connectivity index (χ2v) is 5.66. The largest absolute Gasteiger partial charge is 0.465 e. The van der Waals surface area contributed by atoms with Crippen LogP contribution in [0.4, 0.5) is 5.69 Å². The first kappa shape index (κ1) is 19.2. The highest BCUT2D eigenvalue weighted by Gasteiger charge is 2.19. The number of hydrogen-bond donors (Lipinski definition) is 1. The Morgan fingerprint density at radius 1 is 0.923 bits per heavy atom. The molecule has 1 atom stereocenters. The molecule has 0 bridgehead atoms. The first-order chi connectivity index (χ1) is 12.4. The van der Waals surface area contributed by atoms with Crippen LogP contribution in [0.25, 0.3) is 0 Å². The molecule has 1 amide bonds. The zero-order valence-corrected chi connectivity index (χ0v) is 14.9. The van der Waals surface area contributed by atoms with Crippen molar-refractivity contribution in [2.75, 3.05) is 12.4 Å². The quantitative estimate of drug-likeness (QED) is 0.805. The summed E-state index contributed by atoms with van der Waals surface area (Å²) in [7, 11) is 1.28. The van der Waals surface area contributed by atoms with Crippen molar-refractivity contribution in [1.29, 1.82) is 0 Å². The molecule has 1 N–H and O–H groups in total. The molecular weight excluding hydrogens is 334 g/mol. The third-order valence-corrected chi connectivity index (χ3v) is 3.82. The van der Waals surface area contributed by atoms with Crippen LogP contribution in [0, 0.1) is 0 Å². The number of nitrogens with one attached hydrogen (secondary N) is 1. The fraction of sp³-hybridized carbons (Fsp3) is 0.250. The standard InChI is InChI=1S/C20H21NO5/c1-4-14-5-11-17(12-6-14)21-18(22)13(2)26-20(24)16-9-7-15(8-10-16)19(23)25-3/h5-13H,4H2,1-3H3,(H,21,22). The number of rotatable bonds is 6. The Balaban J connectivity index is 1.94. The van der Waals surface area contributed by atoms with Crippen molar-refractivity contribution in [3.8, 4) is 0 Å². The molecule has 6 nitrogen and oxygen atoms in total. The Kier molecular flexibility index (Phi) is 6.49. The zero-order valence-electron chi connectivity index (χ0n) is 14.9. The summed E-state index contributed by atoms with van der Waals surface area (Å²) in [6.07, 6.45) is -0.0505. The number of esters is 2. The second-order valence-electron chi connectivity index (χ2n) is 5.66. The first-order valence-electron chi connectivity index (χ1n) is 8.23. The van der Waals surface area contributed by atoms with Crippen molar-refractivity contribution < 1.29 is 23.9 Å². The number of hydrogen-bond acceptors (Lipinski definition) is 5. The Morgan fingerprint density at radius 3 is 1.96 bits per heavy atom. The van der Waals surface area contributed by atoms with Gasteiger partial charge in [0, 0.05) is 5.69 Å². The lowest BCUT2D eigenvalue weighted by molar-refractivity contribution is -0.123. The number of ether oxygens (including phenoxy) is 2. The first-order valence-corrected chi connectivity index (χ1v) is 8.23. The summed E-state index contributed by atoms with van der Waals surface area (Å²) in [5.74, 6) is -1.56. The fourth-order valence-corrected chi connectivity index (χ4v) is 2.21. The van der Waals surface area contributed by atoms with Crippen LogP contribution in [0.5, 0.6) is 0 Å². The molecule has 0 spiro atoms. The van der Waals surface area contributed by atoms with E-state index in [1.807, 2.05) is 19.1 Å². The molecule has 0 radical (unpaired) electrons. The average molecular weight is 355 g/mol. The monoisotopic (exact) mass is 355 g/mol. The fourth-order valence-electron chi connectivity index (χ4n) is 2.21. The number of aryl methyl sites for hydroxylation is 1. The molecule has 2 aromatic carbocycles. The second kappa shape index (κ2) is 8.80. The van der Waals surface area contributed by atoms with Crippen LogP contribution in [-0.2, 0) is 20.7 Å². The predicted octanol–water partition coefficient (Wildman–Crippen LogP) is 3.22. The van der Waals surface area contributed by atoms with Crippen molar-refractivity contribution in [1.82, 2.24) is 0 Å². The Labute approximate surface area is 152 Å². The number of anilines is 1. The minimum Gasteiger partial charge on any atom is -0.465 e. The summed E-state index contributed by atoms with van der Waals surface area (Å²) in [5.41, 5.74) is 2.37. The minimum absolute atomic E-state index is 0.240. The third kappa shape index (κ3) is 4.92. The average Bonchev–Trinajstić information content (AvgIpc) is 2.67. The van der Waals surface area contributed by atoms with Crippen LogP contribution < -0.4 is 5.32 Å². The summed E-state index contributed by atoms with van der Waals surface area (Å²) in [4.78, 5) is 35.7. The van der Waals surface area contributed by atoms with E-state index in [0.29, 0.717) is 11.3 Å². The van der Waals surface area contributed by atoms with E-state index in [1.54, 1.807) is 12.1 Å². The van der Waals surface area contributed by atoms with Gasteiger partial charge in [0.25, 0.3) is 5.91 Å². The molecule has 1 unspecified atom stereocenters. The van der Waals surface area contributed by atoms with Crippen LogP contribution in [0.15, 0.2) is 48.5 Å². The van der Waals surface area contributed by atoms with Gasteiger partial charge in [-0.3, -0.25) is 4.79 Å². The number of amides is 1. The topological polar surface area (TPSA) is 81.7 Å². The molecular formula is C20H21NO5. The zero-order chi connectivity index (χ0) is 19.1. The lowest BCUT2D eigenvalue weighted by Crippen LogP contribution is -2.30. The molecule has 26 heavy (non-hydrogen) atoms. The van der Waals surface area contributed by atoms with Crippen molar-refractivity contribution in [3.63, 3.8) is 0 Å². The number of benzene rings is 2. The summed E-state index contributed by atoms with van der Waals surface area (Å²) in [6.45, 7) is 3.54. The summed E-state index contributed by atoms with van der Waals surface area (Å²) in [6, 6.07) is 13.3. The smallest absolute Gasteiger partial charge is 0.338 e. The third-order valence-electron chi connectivity index (χ3n) is 3.82. The lowest BCUT2D eigenvalue weighted by atomic mass is 10.1. The van der Waals surface area contributed by atoms with E-state index < -0.39 is 23.9 Å². The van der Waals surface area contributed by atoms with Crippen LogP contribution in [-0.4, -0.2) is 31.1 Å². The number of carbonyl (C=O) groups is 3. The van der Waals surface area contributed by atoms with Gasteiger partial charge in [-0.1, -0.05) is 19.1 Å². The van der Waals surface area contributed by atoms with Gasteiger partial charge in [-0.2, -0.15) is 0 Å². The molecule has 0 aliphatic carbocycles. The Hall–Kier alpha value is -3.15. The maximum Gasteiger partial charge on any atom is 0.338 e. The van der Waals surface area contributed by atoms with E-state index in [9.17, 15) is 14.4 Å². The predicted molar refractivity (Wildman–Crippen MR) is 97.1 cm³/mol. The molecule has 0 aliphatic heterocycles. The van der Waals surface area contributed by atoms with Crippen LogP contribution in [0.1, 0.15) is 40.1 Å². The van der Waals surface area contributed by atoms with Gasteiger partial charge in [0.15, 0.2) is 6.10 Å². The van der Waals surface area contributed by atoms with E-state index in [4.69, 9.17) is 4.74 Å². The maximum atomic E-state index is 12.2. The van der Waals surface area contributed by atoms with E-state index in [0.717, 1.165) is 12.0 Å². The van der Waals surface area contributed by atoms with Crippen molar-refractivity contribution >= 4 is 23.5 Å². The SMILES string of the molecule is CCc1ccc(NC(=O)C(C)OC(=O)c2ccc(C(=O)OC)cc2)cc1. The summed E-state index contributed by atoms with van der Waals surface area (Å²) < 4.78 is 9.77. The van der Waals surface area contributed by atoms with E-state index in [-0.39, 0.29) is 5.56 Å². The van der Waals surface area contributed by atoms with Crippen molar-refractivity contribution in [3.05, 3.63) is 65.2 Å². The van der Waals surface area contributed by atoms with E-state index in [1.165, 1.54) is 38.3 Å². The molecule has 2 aromatic rings. The number of carbonyl (C=O) groups excluding carboxylic acids is 3. The van der Waals surface area contributed by atoms with E-state index >= 15 is 0 Å². The van der Waals surface area contributed by atoms with E-state index in [2.05, 4.69) is 10.1 Å². The molecule has 0 heterocycles. The highest BCUT2D eigenvalue weighted by molar-refractivity contribution is 5.98. The molecule has 0 saturated carbocycles. The van der Waals surface area contributed by atoms with Gasteiger partial charge < -0.3 is 14.8 Å². The van der Waals surface area contributed by atoms with Crippen LogP contribution >= 0.6 is 0 Å². The summed E-state index contributed by atoms with van der Waals surface area (Å²) >= 11 is 0. The maximum absolute atomic E-state index is 12.2. The van der Waals surface area contributed by atoms with Gasteiger partial charge in [0.2, 0.25) is 0 Å². The van der Waals surface area contributed by atoms with Crippen molar-refractivity contribution in [2.45, 2.75) is 26.4 Å². The van der Waals surface area contributed by atoms with Gasteiger partial charge >= 0.3 is 11.9 Å². The molecule has 6 heteroatoms. The van der Waals surface area contributed by atoms with Gasteiger partial charge in [0.05, 0.1) is 18.2 Å². The Bertz CT molecular complexity index is 781. The highest BCUT2D eigenvalue weighted by atomic mass is 16.5. The molecule has 0 fully saturated rings. The van der Waals surface area contributed by atoms with Gasteiger partial charge in [-0.05, 0) is 55.3 Å². The summed E-state index contributed by atoms with van der Waals surface area (Å²) in [5, 5.41) is 2.70. The highest BCUT2D eigenvalue weighted by Crippen LogP contribution is 2.12.